The van der Waals surface area contributed by atoms with E-state index in [1.54, 1.807) is 6.07 Å². The number of pyridine rings is 1. The number of rotatable bonds is 5. The zero-order valence-electron chi connectivity index (χ0n) is 15.2. The maximum atomic E-state index is 12.8. The predicted molar refractivity (Wildman–Crippen MR) is 113 cm³/mol. The summed E-state index contributed by atoms with van der Waals surface area (Å²) in [5.41, 5.74) is 0.799. The van der Waals surface area contributed by atoms with Gasteiger partial charge in [0.05, 0.1) is 28.1 Å². The van der Waals surface area contributed by atoms with E-state index in [0.29, 0.717) is 12.3 Å². The summed E-state index contributed by atoms with van der Waals surface area (Å²) in [4.78, 5) is 29.3. The van der Waals surface area contributed by atoms with Gasteiger partial charge in [0.15, 0.2) is 0 Å². The highest BCUT2D eigenvalue weighted by molar-refractivity contribution is 7.11. The molecular formula is C19H11Cl2F3N4O2S. The minimum atomic E-state index is -4.66. The van der Waals surface area contributed by atoms with Gasteiger partial charge >= 0.3 is 6.18 Å². The van der Waals surface area contributed by atoms with E-state index < -0.39 is 34.3 Å². The van der Waals surface area contributed by atoms with E-state index in [-0.39, 0.29) is 16.3 Å². The largest absolute Gasteiger partial charge is 0.417 e. The Morgan fingerprint density at radius 3 is 2.55 bits per heavy atom. The van der Waals surface area contributed by atoms with Crippen LogP contribution in [0, 0.1) is 0 Å². The molecule has 2 amide bonds. The molecule has 12 heteroatoms. The summed E-state index contributed by atoms with van der Waals surface area (Å²) in [5.74, 6) is -1.57. The summed E-state index contributed by atoms with van der Waals surface area (Å²) in [6.45, 7) is 0. The third-order valence-electron chi connectivity index (χ3n) is 3.76. The van der Waals surface area contributed by atoms with E-state index >= 15 is 0 Å². The van der Waals surface area contributed by atoms with Gasteiger partial charge in [-0.15, -0.1) is 11.3 Å². The van der Waals surface area contributed by atoms with Gasteiger partial charge in [-0.25, -0.2) is 10.4 Å². The highest BCUT2D eigenvalue weighted by atomic mass is 35.5. The van der Waals surface area contributed by atoms with Crippen molar-refractivity contribution in [2.75, 3.05) is 5.32 Å². The lowest BCUT2D eigenvalue weighted by Crippen LogP contribution is -2.22. The second-order valence-electron chi connectivity index (χ2n) is 5.91. The molecule has 1 aromatic carbocycles. The van der Waals surface area contributed by atoms with Gasteiger partial charge in [-0.2, -0.15) is 18.3 Å². The number of halogens is 5. The van der Waals surface area contributed by atoms with Crippen LogP contribution < -0.4 is 10.7 Å². The Balaban J connectivity index is 1.80. The lowest BCUT2D eigenvalue weighted by atomic mass is 10.1. The lowest BCUT2D eigenvalue weighted by Gasteiger charge is -2.12. The number of benzene rings is 1. The maximum absolute atomic E-state index is 12.8. The average Bonchev–Trinajstić information content (AvgIpc) is 3.21. The predicted octanol–water partition coefficient (Wildman–Crippen LogP) is 5.48. The first-order valence-corrected chi connectivity index (χ1v) is 9.99. The molecule has 2 N–H and O–H groups in total. The van der Waals surface area contributed by atoms with E-state index in [4.69, 9.17) is 23.2 Å². The van der Waals surface area contributed by atoms with Gasteiger partial charge in [0.1, 0.15) is 5.69 Å². The van der Waals surface area contributed by atoms with Crippen molar-refractivity contribution < 1.29 is 22.8 Å². The molecule has 0 aliphatic rings. The first kappa shape index (κ1) is 22.7. The Hall–Kier alpha value is -2.95. The third kappa shape index (κ3) is 5.81. The molecule has 0 unspecified atom stereocenters. The molecule has 0 spiro atoms. The number of hydrogen-bond acceptors (Lipinski definition) is 5. The van der Waals surface area contributed by atoms with Crippen LogP contribution >= 0.6 is 34.5 Å². The Morgan fingerprint density at radius 2 is 1.90 bits per heavy atom. The van der Waals surface area contributed by atoms with Gasteiger partial charge in [-0.1, -0.05) is 29.3 Å². The molecule has 3 aromatic rings. The summed E-state index contributed by atoms with van der Waals surface area (Å²) in [6, 6.07) is 8.29. The SMILES string of the molecule is O=C(NN=Cc1cccs1)c1cc(Cl)ccc1NC(=O)c1ncc(C(F)(F)F)cc1Cl. The van der Waals surface area contributed by atoms with E-state index in [1.165, 1.54) is 35.8 Å². The van der Waals surface area contributed by atoms with E-state index in [1.807, 2.05) is 11.4 Å². The summed E-state index contributed by atoms with van der Waals surface area (Å²) in [6.07, 6.45) is -2.72. The van der Waals surface area contributed by atoms with Crippen LogP contribution in [0.4, 0.5) is 18.9 Å². The molecule has 6 nitrogen and oxygen atoms in total. The third-order valence-corrected chi connectivity index (χ3v) is 5.09. The summed E-state index contributed by atoms with van der Waals surface area (Å²) < 4.78 is 38.3. The summed E-state index contributed by atoms with van der Waals surface area (Å²) in [7, 11) is 0. The molecule has 160 valence electrons. The molecule has 0 saturated carbocycles. The molecule has 0 fully saturated rings. The quantitative estimate of drug-likeness (QED) is 0.369. The number of anilines is 1. The van der Waals surface area contributed by atoms with Gasteiger partial charge in [-0.05, 0) is 35.7 Å². The van der Waals surface area contributed by atoms with Crippen molar-refractivity contribution in [2.45, 2.75) is 6.18 Å². The fourth-order valence-electron chi connectivity index (χ4n) is 2.33. The Morgan fingerprint density at radius 1 is 1.13 bits per heavy atom. The zero-order chi connectivity index (χ0) is 22.6. The molecule has 0 aliphatic carbocycles. The van der Waals surface area contributed by atoms with Crippen molar-refractivity contribution in [3.8, 4) is 0 Å². The molecule has 31 heavy (non-hydrogen) atoms. The number of hydrogen-bond donors (Lipinski definition) is 2. The molecule has 2 heterocycles. The number of nitrogens with one attached hydrogen (secondary N) is 2. The highest BCUT2D eigenvalue weighted by Gasteiger charge is 2.32. The molecule has 0 saturated heterocycles. The van der Waals surface area contributed by atoms with Gasteiger partial charge in [0, 0.05) is 16.1 Å². The van der Waals surface area contributed by atoms with E-state index in [2.05, 4.69) is 20.8 Å². The van der Waals surface area contributed by atoms with Gasteiger partial charge < -0.3 is 5.32 Å². The Kier molecular flexibility index (Phi) is 6.94. The van der Waals surface area contributed by atoms with Crippen LogP contribution in [-0.2, 0) is 6.18 Å². The van der Waals surface area contributed by atoms with Crippen molar-refractivity contribution in [3.63, 3.8) is 0 Å². The second kappa shape index (κ2) is 9.46. The number of thiophene rings is 1. The van der Waals surface area contributed by atoms with Gasteiger partial charge in [0.2, 0.25) is 0 Å². The topological polar surface area (TPSA) is 83.5 Å². The first-order valence-electron chi connectivity index (χ1n) is 8.35. The molecule has 0 atom stereocenters. The Bertz CT molecular complexity index is 1150. The maximum Gasteiger partial charge on any atom is 0.417 e. The molecule has 2 aromatic heterocycles. The standard InChI is InChI=1S/C19H11Cl2F3N4O2S/c20-11-3-4-15(13(7-11)17(29)28-26-9-12-2-1-5-31-12)27-18(30)16-14(21)6-10(8-25-16)19(22,23)24/h1-9H,(H,27,30)(H,28,29). The molecule has 0 radical (unpaired) electrons. The van der Waals surface area contributed by atoms with Gasteiger partial charge in [-0.3, -0.25) is 9.59 Å². The Labute approximate surface area is 187 Å². The summed E-state index contributed by atoms with van der Waals surface area (Å²) >= 11 is 13.2. The lowest BCUT2D eigenvalue weighted by molar-refractivity contribution is -0.137. The van der Waals surface area contributed by atoms with Crippen molar-refractivity contribution in [1.82, 2.24) is 10.4 Å². The number of hydrazone groups is 1. The monoisotopic (exact) mass is 486 g/mol. The molecule has 0 bridgehead atoms. The van der Waals surface area contributed by atoms with Crippen molar-refractivity contribution in [2.24, 2.45) is 5.10 Å². The number of aromatic nitrogens is 1. The minimum Gasteiger partial charge on any atom is -0.320 e. The summed E-state index contributed by atoms with van der Waals surface area (Å²) in [5, 5.41) is 7.80. The fourth-order valence-corrected chi connectivity index (χ4v) is 3.34. The smallest absolute Gasteiger partial charge is 0.320 e. The van der Waals surface area contributed by atoms with Crippen molar-refractivity contribution >= 4 is 58.3 Å². The average molecular weight is 487 g/mol. The number of alkyl halides is 3. The van der Waals surface area contributed by atoms with Crippen LogP contribution in [0.3, 0.4) is 0 Å². The van der Waals surface area contributed by atoms with Crippen LogP contribution in [0.25, 0.3) is 0 Å². The van der Waals surface area contributed by atoms with E-state index in [0.717, 1.165) is 4.88 Å². The van der Waals surface area contributed by atoms with Crippen LogP contribution in [0.5, 0.6) is 0 Å². The van der Waals surface area contributed by atoms with Crippen LogP contribution in [-0.4, -0.2) is 23.0 Å². The number of carbonyl (C=O) groups excluding carboxylic acids is 2. The number of carbonyl (C=O) groups is 2. The van der Waals surface area contributed by atoms with Gasteiger partial charge in [0.25, 0.3) is 11.8 Å². The fraction of sp³-hybridized carbons (Fsp3) is 0.0526. The minimum absolute atomic E-state index is 0.0211. The normalized spacial score (nSPS) is 11.5. The highest BCUT2D eigenvalue weighted by Crippen LogP contribution is 2.31. The van der Waals surface area contributed by atoms with Crippen molar-refractivity contribution in [3.05, 3.63) is 79.7 Å². The number of nitrogens with zero attached hydrogens (tertiary/aromatic N) is 2. The molecular weight excluding hydrogens is 476 g/mol. The van der Waals surface area contributed by atoms with E-state index in [9.17, 15) is 22.8 Å². The van der Waals surface area contributed by atoms with Crippen molar-refractivity contribution in [1.29, 1.82) is 0 Å². The molecule has 0 aliphatic heterocycles. The molecule has 3 rings (SSSR count). The first-order chi connectivity index (χ1) is 14.6. The zero-order valence-corrected chi connectivity index (χ0v) is 17.5. The number of amides is 2. The van der Waals surface area contributed by atoms with Crippen LogP contribution in [0.1, 0.15) is 31.3 Å². The van der Waals surface area contributed by atoms with Crippen LogP contribution in [0.15, 0.2) is 53.1 Å². The second-order valence-corrected chi connectivity index (χ2v) is 7.73. The van der Waals surface area contributed by atoms with Crippen LogP contribution in [0.2, 0.25) is 10.0 Å².